The number of nitrogens with one attached hydrogen (secondary N) is 1. The Morgan fingerprint density at radius 3 is 3.07 bits per heavy atom. The highest BCUT2D eigenvalue weighted by atomic mass is 16.5. The molecule has 2 rings (SSSR count). The van der Waals surface area contributed by atoms with Crippen molar-refractivity contribution in [1.82, 2.24) is 15.1 Å². The Kier molecular flexibility index (Phi) is 3.16. The zero-order chi connectivity index (χ0) is 9.80. The van der Waals surface area contributed by atoms with Crippen LogP contribution in [0.25, 0.3) is 0 Å². The van der Waals surface area contributed by atoms with Crippen LogP contribution < -0.4 is 5.32 Å². The topological polar surface area (TPSA) is 39.1 Å². The molecule has 0 bridgehead atoms. The number of hydrogen-bond acceptors (Lipinski definition) is 3. The van der Waals surface area contributed by atoms with Crippen LogP contribution in [-0.2, 0) is 11.3 Å². The normalized spacial score (nSPS) is 26.1. The first-order valence-electron chi connectivity index (χ1n) is 5.12. The molecule has 0 aliphatic heterocycles. The van der Waals surface area contributed by atoms with Crippen molar-refractivity contribution in [2.75, 3.05) is 13.7 Å². The van der Waals surface area contributed by atoms with E-state index in [0.717, 1.165) is 25.9 Å². The van der Waals surface area contributed by atoms with Gasteiger partial charge in [-0.05, 0) is 18.9 Å². The van der Waals surface area contributed by atoms with Crippen molar-refractivity contribution in [3.63, 3.8) is 0 Å². The minimum absolute atomic E-state index is 0.484. The van der Waals surface area contributed by atoms with Crippen molar-refractivity contribution in [2.45, 2.75) is 31.5 Å². The Morgan fingerprint density at radius 1 is 1.57 bits per heavy atom. The van der Waals surface area contributed by atoms with Crippen molar-refractivity contribution >= 4 is 0 Å². The van der Waals surface area contributed by atoms with E-state index in [1.807, 2.05) is 23.1 Å². The molecular formula is C10H17N3O. The van der Waals surface area contributed by atoms with E-state index in [1.165, 1.54) is 0 Å². The van der Waals surface area contributed by atoms with Crippen LogP contribution in [0.2, 0.25) is 0 Å². The fraction of sp³-hybridized carbons (Fsp3) is 0.700. The predicted molar refractivity (Wildman–Crippen MR) is 54.0 cm³/mol. The van der Waals surface area contributed by atoms with E-state index in [9.17, 15) is 0 Å². The Morgan fingerprint density at radius 2 is 2.43 bits per heavy atom. The summed E-state index contributed by atoms with van der Waals surface area (Å²) in [5, 5.41) is 7.62. The fourth-order valence-corrected chi connectivity index (χ4v) is 1.74. The molecule has 0 saturated heterocycles. The van der Waals surface area contributed by atoms with Crippen molar-refractivity contribution in [3.05, 3.63) is 18.5 Å². The molecule has 0 aromatic carbocycles. The second-order valence-electron chi connectivity index (χ2n) is 3.75. The van der Waals surface area contributed by atoms with E-state index in [-0.39, 0.29) is 0 Å². The van der Waals surface area contributed by atoms with Gasteiger partial charge >= 0.3 is 0 Å². The monoisotopic (exact) mass is 195 g/mol. The quantitative estimate of drug-likeness (QED) is 0.749. The molecule has 0 spiro atoms. The Balaban J connectivity index is 1.56. The number of ether oxygens (including phenoxy) is 1. The van der Waals surface area contributed by atoms with E-state index in [2.05, 4.69) is 10.4 Å². The Labute approximate surface area is 84.3 Å². The zero-order valence-electron chi connectivity index (χ0n) is 8.52. The van der Waals surface area contributed by atoms with Gasteiger partial charge in [-0.25, -0.2) is 0 Å². The zero-order valence-corrected chi connectivity index (χ0v) is 8.52. The summed E-state index contributed by atoms with van der Waals surface area (Å²) >= 11 is 0. The third-order valence-electron chi connectivity index (χ3n) is 2.76. The summed E-state index contributed by atoms with van der Waals surface area (Å²) in [6, 6.07) is 2.60. The molecular weight excluding hydrogens is 178 g/mol. The number of aromatic nitrogens is 2. The average molecular weight is 195 g/mol. The molecule has 1 heterocycles. The Bertz CT molecular complexity index is 254. The summed E-state index contributed by atoms with van der Waals surface area (Å²) in [6.45, 7) is 1.93. The third-order valence-corrected chi connectivity index (χ3v) is 2.76. The number of hydrogen-bond donors (Lipinski definition) is 1. The average Bonchev–Trinajstić information content (AvgIpc) is 2.61. The summed E-state index contributed by atoms with van der Waals surface area (Å²) in [7, 11) is 1.78. The van der Waals surface area contributed by atoms with Crippen LogP contribution in [-0.4, -0.2) is 35.6 Å². The van der Waals surface area contributed by atoms with Crippen LogP contribution in [0.4, 0.5) is 0 Å². The van der Waals surface area contributed by atoms with Crippen molar-refractivity contribution < 1.29 is 4.74 Å². The molecule has 0 radical (unpaired) electrons. The maximum absolute atomic E-state index is 5.21. The van der Waals surface area contributed by atoms with E-state index in [0.29, 0.717) is 12.1 Å². The molecule has 1 aromatic heterocycles. The number of methoxy groups -OCH3 is 1. The van der Waals surface area contributed by atoms with Gasteiger partial charge in [-0.2, -0.15) is 5.10 Å². The molecule has 1 fully saturated rings. The lowest BCUT2D eigenvalue weighted by molar-refractivity contribution is 0.0173. The van der Waals surface area contributed by atoms with Gasteiger partial charge in [0, 0.05) is 32.1 Å². The van der Waals surface area contributed by atoms with Gasteiger partial charge in [-0.15, -0.1) is 0 Å². The molecule has 1 N–H and O–H groups in total. The van der Waals surface area contributed by atoms with Gasteiger partial charge < -0.3 is 10.1 Å². The molecule has 1 aliphatic rings. The first-order chi connectivity index (χ1) is 6.88. The SMILES string of the molecule is COC1CC(NCCn2cccn2)C1. The lowest BCUT2D eigenvalue weighted by atomic mass is 9.89. The molecule has 1 saturated carbocycles. The van der Waals surface area contributed by atoms with Crippen LogP contribution >= 0.6 is 0 Å². The van der Waals surface area contributed by atoms with Gasteiger partial charge in [0.25, 0.3) is 0 Å². The summed E-state index contributed by atoms with van der Waals surface area (Å²) < 4.78 is 7.15. The lowest BCUT2D eigenvalue weighted by Gasteiger charge is -2.34. The predicted octanol–water partition coefficient (Wildman–Crippen LogP) is 0.650. The smallest absolute Gasteiger partial charge is 0.0601 e. The van der Waals surface area contributed by atoms with Crippen molar-refractivity contribution in [1.29, 1.82) is 0 Å². The first-order valence-corrected chi connectivity index (χ1v) is 5.12. The maximum Gasteiger partial charge on any atom is 0.0601 e. The van der Waals surface area contributed by atoms with Crippen molar-refractivity contribution in [3.8, 4) is 0 Å². The van der Waals surface area contributed by atoms with Crippen molar-refractivity contribution in [2.24, 2.45) is 0 Å². The third kappa shape index (κ3) is 2.33. The van der Waals surface area contributed by atoms with Gasteiger partial charge in [-0.1, -0.05) is 0 Å². The first kappa shape index (κ1) is 9.68. The van der Waals surface area contributed by atoms with Crippen LogP contribution in [0.15, 0.2) is 18.5 Å². The largest absolute Gasteiger partial charge is 0.381 e. The molecule has 1 aromatic rings. The van der Waals surface area contributed by atoms with Gasteiger partial charge in [0.2, 0.25) is 0 Å². The highest BCUT2D eigenvalue weighted by Crippen LogP contribution is 2.21. The lowest BCUT2D eigenvalue weighted by Crippen LogP contribution is -2.45. The van der Waals surface area contributed by atoms with Gasteiger partial charge in [-0.3, -0.25) is 4.68 Å². The maximum atomic E-state index is 5.21. The summed E-state index contributed by atoms with van der Waals surface area (Å²) in [5.41, 5.74) is 0. The molecule has 14 heavy (non-hydrogen) atoms. The standard InChI is InChI=1S/C10H17N3O/c1-14-10-7-9(8-10)11-4-6-13-5-2-3-12-13/h2-3,5,9-11H,4,6-8H2,1H3. The van der Waals surface area contributed by atoms with Gasteiger partial charge in [0.15, 0.2) is 0 Å². The van der Waals surface area contributed by atoms with E-state index in [1.54, 1.807) is 7.11 Å². The highest BCUT2D eigenvalue weighted by Gasteiger charge is 2.27. The van der Waals surface area contributed by atoms with Crippen LogP contribution in [0, 0.1) is 0 Å². The van der Waals surface area contributed by atoms with Crippen LogP contribution in [0.1, 0.15) is 12.8 Å². The molecule has 78 valence electrons. The second kappa shape index (κ2) is 4.57. The minimum Gasteiger partial charge on any atom is -0.381 e. The number of nitrogens with zero attached hydrogens (tertiary/aromatic N) is 2. The molecule has 4 heteroatoms. The molecule has 0 unspecified atom stereocenters. The molecule has 0 amide bonds. The van der Waals surface area contributed by atoms with E-state index in [4.69, 9.17) is 4.74 Å². The minimum atomic E-state index is 0.484. The molecule has 0 atom stereocenters. The summed E-state index contributed by atoms with van der Waals surface area (Å²) in [6.07, 6.45) is 6.58. The molecule has 4 nitrogen and oxygen atoms in total. The Hall–Kier alpha value is -0.870. The van der Waals surface area contributed by atoms with E-state index < -0.39 is 0 Å². The second-order valence-corrected chi connectivity index (χ2v) is 3.75. The van der Waals surface area contributed by atoms with Gasteiger partial charge in [0.1, 0.15) is 0 Å². The van der Waals surface area contributed by atoms with E-state index >= 15 is 0 Å². The highest BCUT2D eigenvalue weighted by molar-refractivity contribution is 4.85. The fourth-order valence-electron chi connectivity index (χ4n) is 1.74. The van der Waals surface area contributed by atoms with Crippen LogP contribution in [0.3, 0.4) is 0 Å². The summed E-state index contributed by atoms with van der Waals surface area (Å²) in [4.78, 5) is 0. The van der Waals surface area contributed by atoms with Crippen LogP contribution in [0.5, 0.6) is 0 Å². The molecule has 1 aliphatic carbocycles. The summed E-state index contributed by atoms with van der Waals surface area (Å²) in [5.74, 6) is 0. The number of rotatable bonds is 5. The van der Waals surface area contributed by atoms with Gasteiger partial charge in [0.05, 0.1) is 12.6 Å².